The molecule has 2 rings (SSSR count). The summed E-state index contributed by atoms with van der Waals surface area (Å²) in [4.78, 5) is 11.7. The fourth-order valence-electron chi connectivity index (χ4n) is 1.96. The van der Waals surface area contributed by atoms with E-state index in [0.29, 0.717) is 6.54 Å². The summed E-state index contributed by atoms with van der Waals surface area (Å²) in [6.45, 7) is 0.412. The number of hydrogen-bond donors (Lipinski definition) is 2. The molecule has 84 valence electrons. The van der Waals surface area contributed by atoms with E-state index < -0.39 is 5.60 Å². The van der Waals surface area contributed by atoms with Crippen LogP contribution in [0.4, 0.5) is 0 Å². The quantitative estimate of drug-likeness (QED) is 0.705. The molecule has 3 nitrogen and oxygen atoms in total. The molecule has 2 N–H and O–H groups in total. The van der Waals surface area contributed by atoms with E-state index in [2.05, 4.69) is 5.32 Å². The molecular formula is C11H17NO2S. The molecule has 1 aliphatic heterocycles. The minimum Gasteiger partial charge on any atom is -0.387 e. The summed E-state index contributed by atoms with van der Waals surface area (Å²) in [7, 11) is 0. The summed E-state index contributed by atoms with van der Waals surface area (Å²) in [5.41, 5.74) is -0.660. The standard InChI is InChI=1S/C11H17NO2S/c13-10(9-3-1-2-4-9)12-7-11(14)5-6-15-8-11/h1-2,9,14H,3-8H2,(H,12,13). The van der Waals surface area contributed by atoms with E-state index in [1.165, 1.54) is 0 Å². The Kier molecular flexibility index (Phi) is 3.36. The second-order valence-corrected chi connectivity index (χ2v) is 5.49. The van der Waals surface area contributed by atoms with Crippen molar-refractivity contribution in [1.29, 1.82) is 0 Å². The van der Waals surface area contributed by atoms with Gasteiger partial charge in [-0.2, -0.15) is 11.8 Å². The number of carbonyl (C=O) groups excluding carboxylic acids is 1. The third kappa shape index (κ3) is 2.75. The Morgan fingerprint density at radius 2 is 2.27 bits per heavy atom. The summed E-state index contributed by atoms with van der Waals surface area (Å²) >= 11 is 1.75. The van der Waals surface area contributed by atoms with Crippen molar-refractivity contribution in [3.8, 4) is 0 Å². The highest BCUT2D eigenvalue weighted by Gasteiger charge is 2.32. The first kappa shape index (κ1) is 11.0. The van der Waals surface area contributed by atoms with Gasteiger partial charge in [-0.15, -0.1) is 0 Å². The maximum atomic E-state index is 11.7. The highest BCUT2D eigenvalue weighted by molar-refractivity contribution is 7.99. The predicted octanol–water partition coefficient (Wildman–Crippen LogP) is 0.937. The van der Waals surface area contributed by atoms with E-state index in [-0.39, 0.29) is 11.8 Å². The van der Waals surface area contributed by atoms with Gasteiger partial charge in [-0.05, 0) is 25.0 Å². The number of hydrogen-bond acceptors (Lipinski definition) is 3. The zero-order valence-electron chi connectivity index (χ0n) is 8.74. The highest BCUT2D eigenvalue weighted by Crippen LogP contribution is 2.27. The van der Waals surface area contributed by atoms with Crippen molar-refractivity contribution in [2.75, 3.05) is 18.1 Å². The first-order chi connectivity index (χ1) is 7.20. The van der Waals surface area contributed by atoms with Crippen LogP contribution in [0.25, 0.3) is 0 Å². The Morgan fingerprint density at radius 1 is 1.53 bits per heavy atom. The summed E-state index contributed by atoms with van der Waals surface area (Å²) in [5.74, 6) is 1.93. The van der Waals surface area contributed by atoms with Crippen LogP contribution in [0.2, 0.25) is 0 Å². The number of aliphatic hydroxyl groups is 1. The van der Waals surface area contributed by atoms with Gasteiger partial charge in [-0.3, -0.25) is 4.79 Å². The van der Waals surface area contributed by atoms with E-state index in [4.69, 9.17) is 0 Å². The van der Waals surface area contributed by atoms with Crippen molar-refractivity contribution in [2.45, 2.75) is 24.9 Å². The molecule has 4 heteroatoms. The largest absolute Gasteiger partial charge is 0.387 e. The molecule has 0 spiro atoms. The number of carbonyl (C=O) groups is 1. The molecule has 2 aliphatic rings. The molecule has 0 bridgehead atoms. The molecule has 0 aromatic carbocycles. The predicted molar refractivity (Wildman–Crippen MR) is 61.8 cm³/mol. The second-order valence-electron chi connectivity index (χ2n) is 4.38. The molecule has 1 unspecified atom stereocenters. The monoisotopic (exact) mass is 227 g/mol. The molecule has 15 heavy (non-hydrogen) atoms. The molecule has 0 radical (unpaired) electrons. The maximum absolute atomic E-state index is 11.7. The smallest absolute Gasteiger partial charge is 0.223 e. The lowest BCUT2D eigenvalue weighted by Crippen LogP contribution is -2.44. The van der Waals surface area contributed by atoms with Gasteiger partial charge in [0.25, 0.3) is 0 Å². The summed E-state index contributed by atoms with van der Waals surface area (Å²) < 4.78 is 0. The van der Waals surface area contributed by atoms with Crippen molar-refractivity contribution in [1.82, 2.24) is 5.32 Å². The Bertz CT molecular complexity index is 264. The van der Waals surface area contributed by atoms with Crippen molar-refractivity contribution in [3.63, 3.8) is 0 Å². The lowest BCUT2D eigenvalue weighted by atomic mass is 10.0. The molecule has 1 fully saturated rings. The summed E-state index contributed by atoms with van der Waals surface area (Å²) in [5, 5.41) is 12.9. The molecule has 1 aliphatic carbocycles. The first-order valence-electron chi connectivity index (χ1n) is 5.42. The maximum Gasteiger partial charge on any atom is 0.223 e. The van der Waals surface area contributed by atoms with Gasteiger partial charge >= 0.3 is 0 Å². The zero-order chi connectivity index (χ0) is 10.7. The van der Waals surface area contributed by atoms with Gasteiger partial charge in [-0.1, -0.05) is 12.2 Å². The Morgan fingerprint density at radius 3 is 2.87 bits per heavy atom. The lowest BCUT2D eigenvalue weighted by Gasteiger charge is -2.22. The molecule has 1 amide bonds. The fraction of sp³-hybridized carbons (Fsp3) is 0.727. The number of rotatable bonds is 3. The third-order valence-electron chi connectivity index (χ3n) is 3.05. The minimum absolute atomic E-state index is 0.0883. The van der Waals surface area contributed by atoms with Crippen molar-refractivity contribution in [3.05, 3.63) is 12.2 Å². The van der Waals surface area contributed by atoms with Crippen molar-refractivity contribution in [2.24, 2.45) is 5.92 Å². The Balaban J connectivity index is 1.75. The number of allylic oxidation sites excluding steroid dienone is 2. The summed E-state index contributed by atoms with van der Waals surface area (Å²) in [6, 6.07) is 0. The third-order valence-corrected chi connectivity index (χ3v) is 4.29. The van der Waals surface area contributed by atoms with E-state index >= 15 is 0 Å². The van der Waals surface area contributed by atoms with E-state index in [1.54, 1.807) is 11.8 Å². The Hall–Kier alpha value is -0.480. The van der Waals surface area contributed by atoms with Gasteiger partial charge in [-0.25, -0.2) is 0 Å². The van der Waals surface area contributed by atoms with Crippen LogP contribution < -0.4 is 5.32 Å². The van der Waals surface area contributed by atoms with Gasteiger partial charge < -0.3 is 10.4 Å². The molecule has 0 aromatic rings. The van der Waals surface area contributed by atoms with Gasteiger partial charge in [0.15, 0.2) is 0 Å². The van der Waals surface area contributed by atoms with Crippen LogP contribution in [0.15, 0.2) is 12.2 Å². The van der Waals surface area contributed by atoms with E-state index in [9.17, 15) is 9.90 Å². The number of thioether (sulfide) groups is 1. The molecule has 0 aromatic heterocycles. The topological polar surface area (TPSA) is 49.3 Å². The zero-order valence-corrected chi connectivity index (χ0v) is 9.55. The minimum atomic E-state index is -0.660. The molecule has 0 saturated carbocycles. The lowest BCUT2D eigenvalue weighted by molar-refractivity contribution is -0.125. The van der Waals surface area contributed by atoms with Crippen LogP contribution in [0, 0.1) is 5.92 Å². The van der Waals surface area contributed by atoms with Crippen LogP contribution in [0.3, 0.4) is 0 Å². The van der Waals surface area contributed by atoms with Crippen molar-refractivity contribution >= 4 is 17.7 Å². The van der Waals surface area contributed by atoms with Gasteiger partial charge in [0, 0.05) is 18.2 Å². The number of nitrogens with one attached hydrogen (secondary N) is 1. The van der Waals surface area contributed by atoms with Crippen LogP contribution in [0.5, 0.6) is 0 Å². The summed E-state index contributed by atoms with van der Waals surface area (Å²) in [6.07, 6.45) is 6.58. The van der Waals surface area contributed by atoms with E-state index in [0.717, 1.165) is 30.8 Å². The van der Waals surface area contributed by atoms with Crippen molar-refractivity contribution < 1.29 is 9.90 Å². The highest BCUT2D eigenvalue weighted by atomic mass is 32.2. The van der Waals surface area contributed by atoms with Crippen LogP contribution in [-0.4, -0.2) is 34.7 Å². The molecule has 1 heterocycles. The first-order valence-corrected chi connectivity index (χ1v) is 6.58. The fourth-order valence-corrected chi connectivity index (χ4v) is 3.26. The van der Waals surface area contributed by atoms with Gasteiger partial charge in [0.1, 0.15) is 0 Å². The van der Waals surface area contributed by atoms with E-state index in [1.807, 2.05) is 12.2 Å². The SMILES string of the molecule is O=C(NCC1(O)CCSC1)C1CC=CC1. The van der Waals surface area contributed by atoms with Gasteiger partial charge in [0.2, 0.25) is 5.91 Å². The van der Waals surface area contributed by atoms with Crippen LogP contribution in [0.1, 0.15) is 19.3 Å². The van der Waals surface area contributed by atoms with Crippen LogP contribution >= 0.6 is 11.8 Å². The molecular weight excluding hydrogens is 210 g/mol. The second kappa shape index (κ2) is 4.58. The average molecular weight is 227 g/mol. The molecule has 1 saturated heterocycles. The van der Waals surface area contributed by atoms with Gasteiger partial charge in [0.05, 0.1) is 5.60 Å². The molecule has 1 atom stereocenters. The normalized spacial score (nSPS) is 31.0. The Labute approximate surface area is 94.3 Å². The van der Waals surface area contributed by atoms with Crippen LogP contribution in [-0.2, 0) is 4.79 Å². The number of amides is 1. The average Bonchev–Trinajstić information content (AvgIpc) is 2.85.